The molecule has 0 amide bonds. The van der Waals surface area contributed by atoms with Crippen molar-refractivity contribution in [1.29, 1.82) is 0 Å². The quantitative estimate of drug-likeness (QED) is 0.365. The van der Waals surface area contributed by atoms with Crippen LogP contribution in [-0.2, 0) is 4.79 Å². The van der Waals surface area contributed by atoms with E-state index in [1.165, 1.54) is 0 Å². The van der Waals surface area contributed by atoms with Crippen LogP contribution in [0.5, 0.6) is 0 Å². The van der Waals surface area contributed by atoms with Gasteiger partial charge in [-0.3, -0.25) is 0 Å². The van der Waals surface area contributed by atoms with Gasteiger partial charge in [0.1, 0.15) is 0 Å². The van der Waals surface area contributed by atoms with Crippen molar-refractivity contribution in [2.24, 2.45) is 0 Å². The number of hydrogen-bond acceptors (Lipinski definition) is 1. The Morgan fingerprint density at radius 2 is 1.83 bits per heavy atom. The van der Waals surface area contributed by atoms with E-state index in [-0.39, 0.29) is 0 Å². The summed E-state index contributed by atoms with van der Waals surface area (Å²) in [6.07, 6.45) is 0. The Hall–Kier alpha value is 0.0500. The third kappa shape index (κ3) is 2.30. The Bertz CT molecular complexity index is 60.6. The number of carbonyl (C=O) groups excluding carboxylic acids is 1. The van der Waals surface area contributed by atoms with Crippen molar-refractivity contribution in [3.63, 3.8) is 0 Å². The fourth-order valence-corrected chi connectivity index (χ4v) is 0. The van der Waals surface area contributed by atoms with Gasteiger partial charge >= 0.3 is 5.97 Å². The lowest BCUT2D eigenvalue weighted by atomic mass is 10.8. The van der Waals surface area contributed by atoms with E-state index in [1.807, 2.05) is 0 Å². The highest BCUT2D eigenvalue weighted by molar-refractivity contribution is 6.52. The van der Waals surface area contributed by atoms with E-state index in [2.05, 4.69) is 0 Å². The highest BCUT2D eigenvalue weighted by Gasteiger charge is 2.16. The minimum atomic E-state index is -1.18. The maximum atomic E-state index is 9.55. The second-order valence-corrected chi connectivity index (χ2v) is 1.76. The minimum Gasteiger partial charge on any atom is -0.563 e. The number of hydrogen-bond donors (Lipinski definition) is 0. The summed E-state index contributed by atoms with van der Waals surface area (Å²) in [6, 6.07) is 0. The van der Waals surface area contributed by atoms with Crippen LogP contribution in [0.3, 0.4) is 0 Å². The molecule has 36 valence electrons. The van der Waals surface area contributed by atoms with E-state index < -0.39 is 10.8 Å². The molecule has 0 saturated carbocycles. The van der Waals surface area contributed by atoms with Crippen LogP contribution in [0.15, 0.2) is 0 Å². The zero-order valence-electron chi connectivity index (χ0n) is 2.74. The third-order valence-electron chi connectivity index (χ3n) is 0.198. The predicted octanol–water partition coefficient (Wildman–Crippen LogP) is 0.0413. The van der Waals surface area contributed by atoms with Gasteiger partial charge < -0.3 is 5.11 Å². The van der Waals surface area contributed by atoms with E-state index in [4.69, 9.17) is 28.3 Å². The van der Waals surface area contributed by atoms with Crippen LogP contribution in [-0.4, -0.2) is 15.9 Å². The minimum absolute atomic E-state index is 0.960. The van der Waals surface area contributed by atoms with Gasteiger partial charge in [0.25, 0.3) is 4.84 Å². The smallest absolute Gasteiger partial charge is 0.549 e. The van der Waals surface area contributed by atoms with Gasteiger partial charge in [0.15, 0.2) is 0 Å². The SMILES string of the molecule is O=C([OH2+])C(Cl)Cl. The molecule has 0 unspecified atom stereocenters. The van der Waals surface area contributed by atoms with Gasteiger partial charge in [0, 0.05) is 4.79 Å². The van der Waals surface area contributed by atoms with Crippen molar-refractivity contribution in [1.82, 2.24) is 0 Å². The van der Waals surface area contributed by atoms with Crippen LogP contribution >= 0.6 is 23.2 Å². The molecule has 0 rings (SSSR count). The van der Waals surface area contributed by atoms with Crippen LogP contribution < -0.4 is 0 Å². The third-order valence-corrected chi connectivity index (χ3v) is 0.595. The molecule has 0 fully saturated rings. The van der Waals surface area contributed by atoms with Gasteiger partial charge in [-0.2, -0.15) is 0 Å². The number of rotatable bonds is 1. The van der Waals surface area contributed by atoms with E-state index in [1.54, 1.807) is 0 Å². The summed E-state index contributed by atoms with van der Waals surface area (Å²) in [4.78, 5) is 8.37. The molecule has 0 atom stereocenters. The standard InChI is InChI=1S/C2H2Cl2O2/c3-1(4)2(5)6/h1H,(H,5,6)/p+1. The lowest BCUT2D eigenvalue weighted by Gasteiger charge is -1.76. The lowest BCUT2D eigenvalue weighted by Crippen LogP contribution is -2.03. The first-order valence-corrected chi connectivity index (χ1v) is 2.05. The Labute approximate surface area is 44.7 Å². The molecule has 0 aliphatic rings. The van der Waals surface area contributed by atoms with E-state index in [0.29, 0.717) is 0 Å². The predicted molar refractivity (Wildman–Crippen MR) is 24.1 cm³/mol. The van der Waals surface area contributed by atoms with Gasteiger partial charge in [-0.1, -0.05) is 23.2 Å². The largest absolute Gasteiger partial charge is 0.563 e. The second-order valence-electron chi connectivity index (χ2n) is 0.665. The topological polar surface area (TPSA) is 40.0 Å². The molecule has 0 aromatic heterocycles. The zero-order chi connectivity index (χ0) is 5.15. The highest BCUT2D eigenvalue weighted by Crippen LogP contribution is 1.98. The first-order chi connectivity index (χ1) is 2.64. The molecule has 0 bridgehead atoms. The summed E-state index contributed by atoms with van der Waals surface area (Å²) in [5, 5.41) is 6.13. The molecule has 4 heteroatoms. The maximum Gasteiger partial charge on any atom is 0.549 e. The molecule has 0 aliphatic heterocycles. The highest BCUT2D eigenvalue weighted by atomic mass is 35.5. The van der Waals surface area contributed by atoms with Crippen LogP contribution in [0.2, 0.25) is 0 Å². The number of alkyl halides is 2. The normalized spacial score (nSPS) is 9.17. The Morgan fingerprint density at radius 3 is 1.83 bits per heavy atom. The van der Waals surface area contributed by atoms with Crippen LogP contribution in [0.25, 0.3) is 0 Å². The molecule has 2 N–H and O–H groups in total. The van der Waals surface area contributed by atoms with Crippen LogP contribution in [0, 0.1) is 0 Å². The summed E-state index contributed by atoms with van der Waals surface area (Å²) < 4.78 is 0. The molecule has 0 spiro atoms. The molecule has 0 heterocycles. The van der Waals surface area contributed by atoms with Crippen molar-refractivity contribution < 1.29 is 9.90 Å². The monoisotopic (exact) mass is 129 g/mol. The molecule has 0 aliphatic carbocycles. The van der Waals surface area contributed by atoms with Gasteiger partial charge in [0.2, 0.25) is 0 Å². The first kappa shape index (κ1) is 6.05. The second kappa shape index (κ2) is 2.26. The van der Waals surface area contributed by atoms with E-state index >= 15 is 0 Å². The molecule has 0 aromatic rings. The summed E-state index contributed by atoms with van der Waals surface area (Å²) in [5.41, 5.74) is 0. The molecular weight excluding hydrogens is 127 g/mol. The summed E-state index contributed by atoms with van der Waals surface area (Å²) in [5.74, 6) is -0.960. The van der Waals surface area contributed by atoms with Crippen molar-refractivity contribution in [2.45, 2.75) is 4.84 Å². The van der Waals surface area contributed by atoms with Crippen LogP contribution in [0.4, 0.5) is 0 Å². The molecule has 6 heavy (non-hydrogen) atoms. The van der Waals surface area contributed by atoms with Crippen molar-refractivity contribution in [2.75, 3.05) is 0 Å². The van der Waals surface area contributed by atoms with E-state index in [9.17, 15) is 4.79 Å². The Kier molecular flexibility index (Phi) is 2.28. The average Bonchev–Trinajstić information content (AvgIpc) is 1.36. The van der Waals surface area contributed by atoms with Crippen molar-refractivity contribution in [3.05, 3.63) is 0 Å². The van der Waals surface area contributed by atoms with Crippen molar-refractivity contribution in [3.8, 4) is 0 Å². The van der Waals surface area contributed by atoms with Gasteiger partial charge in [0.05, 0.1) is 0 Å². The fourth-order valence-electron chi connectivity index (χ4n) is 0. The van der Waals surface area contributed by atoms with Crippen molar-refractivity contribution >= 4 is 29.2 Å². The molecule has 2 nitrogen and oxygen atoms in total. The Balaban J connectivity index is 3.26. The van der Waals surface area contributed by atoms with Crippen LogP contribution in [0.1, 0.15) is 0 Å². The Morgan fingerprint density at radius 1 is 1.67 bits per heavy atom. The number of halogens is 2. The number of carbonyl (C=O) groups is 1. The summed E-state index contributed by atoms with van der Waals surface area (Å²) in [7, 11) is 0. The van der Waals surface area contributed by atoms with Gasteiger partial charge in [-0.15, -0.1) is 0 Å². The molecule has 0 saturated heterocycles. The fraction of sp³-hybridized carbons (Fsp3) is 0.500. The molecule has 0 aromatic carbocycles. The first-order valence-electron chi connectivity index (χ1n) is 1.18. The van der Waals surface area contributed by atoms with E-state index in [0.717, 1.165) is 0 Å². The van der Waals surface area contributed by atoms with Gasteiger partial charge in [-0.05, 0) is 0 Å². The van der Waals surface area contributed by atoms with Gasteiger partial charge in [-0.25, -0.2) is 0 Å². The summed E-state index contributed by atoms with van der Waals surface area (Å²) in [6.45, 7) is 0. The maximum absolute atomic E-state index is 9.55. The molecular formula is C2H3Cl2O2+. The zero-order valence-corrected chi connectivity index (χ0v) is 4.25. The average molecular weight is 130 g/mol. The summed E-state index contributed by atoms with van der Waals surface area (Å²) >= 11 is 9.68. The lowest BCUT2D eigenvalue weighted by molar-refractivity contribution is -0.135. The molecule has 0 radical (unpaired) electrons.